The number of rotatable bonds is 4. The van der Waals surface area contributed by atoms with Crippen LogP contribution >= 0.6 is 11.6 Å². The molecule has 1 aliphatic heterocycles. The van der Waals surface area contributed by atoms with Gasteiger partial charge in [-0.1, -0.05) is 11.6 Å². The van der Waals surface area contributed by atoms with Crippen LogP contribution in [0.4, 0.5) is 10.1 Å². The summed E-state index contributed by atoms with van der Waals surface area (Å²) in [6.45, 7) is 0.356. The molecule has 24 heavy (non-hydrogen) atoms. The maximum absolute atomic E-state index is 14.9. The number of ether oxygens (including phenoxy) is 2. The highest BCUT2D eigenvalue weighted by molar-refractivity contribution is 6.35. The Balaban J connectivity index is 2.01. The molecule has 2 aromatic rings. The molecule has 0 saturated carbocycles. The van der Waals surface area contributed by atoms with E-state index in [0.717, 1.165) is 0 Å². The molecule has 0 aliphatic carbocycles. The van der Waals surface area contributed by atoms with E-state index in [-0.39, 0.29) is 31.0 Å². The van der Waals surface area contributed by atoms with Gasteiger partial charge in [0.2, 0.25) is 5.60 Å². The van der Waals surface area contributed by atoms with Crippen molar-refractivity contribution < 1.29 is 23.8 Å². The molecule has 0 bridgehead atoms. The molecule has 2 heterocycles. The minimum atomic E-state index is -1.53. The van der Waals surface area contributed by atoms with Crippen LogP contribution in [0.3, 0.4) is 0 Å². The molecule has 0 amide bonds. The Bertz CT molecular complexity index is 784. The molecule has 1 aromatic heterocycles. The lowest BCUT2D eigenvalue weighted by molar-refractivity contribution is -0.175. The number of fused-ring (bicyclic) bond motifs is 1. The standard InChI is InChI=1S/C16H16ClFN2O4/c1-23-9-16(15(21)22)8-20(6-7-24-16)12-3-2-10-11(17)4-5-19-14(10)13(12)18/h2-5H,6-9H2,1H3,(H,21,22). The van der Waals surface area contributed by atoms with Crippen LogP contribution in [0.5, 0.6) is 0 Å². The fourth-order valence-corrected chi connectivity index (χ4v) is 3.09. The number of nitrogens with zero attached hydrogens (tertiary/aromatic N) is 2. The molecule has 3 rings (SSSR count). The number of anilines is 1. The van der Waals surface area contributed by atoms with Crippen LogP contribution in [0.1, 0.15) is 0 Å². The Morgan fingerprint density at radius 1 is 1.54 bits per heavy atom. The SMILES string of the molecule is COCC1(C(=O)O)CN(c2ccc3c(Cl)ccnc3c2F)CCO1. The van der Waals surface area contributed by atoms with Crippen molar-refractivity contribution in [2.24, 2.45) is 0 Å². The highest BCUT2D eigenvalue weighted by atomic mass is 35.5. The summed E-state index contributed by atoms with van der Waals surface area (Å²) in [5.74, 6) is -1.68. The van der Waals surface area contributed by atoms with Gasteiger partial charge in [0, 0.05) is 25.2 Å². The third kappa shape index (κ3) is 2.79. The number of carboxylic acids is 1. The molecule has 1 fully saturated rings. The lowest BCUT2D eigenvalue weighted by Gasteiger charge is -2.40. The van der Waals surface area contributed by atoms with Gasteiger partial charge in [-0.25, -0.2) is 9.18 Å². The summed E-state index contributed by atoms with van der Waals surface area (Å²) in [6, 6.07) is 4.85. The maximum atomic E-state index is 14.9. The van der Waals surface area contributed by atoms with Gasteiger partial charge in [0.05, 0.1) is 30.5 Å². The number of hydrogen-bond acceptors (Lipinski definition) is 5. The zero-order chi connectivity index (χ0) is 17.3. The van der Waals surface area contributed by atoms with Gasteiger partial charge in [-0.15, -0.1) is 0 Å². The van der Waals surface area contributed by atoms with Crippen LogP contribution in [0.15, 0.2) is 24.4 Å². The second-order valence-electron chi connectivity index (χ2n) is 5.59. The summed E-state index contributed by atoms with van der Waals surface area (Å²) in [7, 11) is 1.40. The average Bonchev–Trinajstić information content (AvgIpc) is 2.56. The first-order chi connectivity index (χ1) is 11.5. The van der Waals surface area contributed by atoms with Crippen LogP contribution in [0.25, 0.3) is 10.9 Å². The van der Waals surface area contributed by atoms with Crippen molar-refractivity contribution in [3.63, 3.8) is 0 Å². The molecule has 1 aromatic carbocycles. The maximum Gasteiger partial charge on any atom is 0.340 e. The molecule has 8 heteroatoms. The average molecular weight is 355 g/mol. The molecule has 6 nitrogen and oxygen atoms in total. The number of aromatic nitrogens is 1. The fraction of sp³-hybridized carbons (Fsp3) is 0.375. The highest BCUT2D eigenvalue weighted by Crippen LogP contribution is 2.32. The largest absolute Gasteiger partial charge is 0.479 e. The van der Waals surface area contributed by atoms with E-state index < -0.39 is 17.4 Å². The van der Waals surface area contributed by atoms with Crippen LogP contribution < -0.4 is 4.90 Å². The minimum absolute atomic E-state index is 0.0286. The normalized spacial score (nSPS) is 21.2. The van der Waals surface area contributed by atoms with Gasteiger partial charge in [0.25, 0.3) is 0 Å². The molecule has 128 valence electrons. The van der Waals surface area contributed by atoms with E-state index >= 15 is 0 Å². The van der Waals surface area contributed by atoms with Gasteiger partial charge in [-0.3, -0.25) is 4.98 Å². The van der Waals surface area contributed by atoms with Crippen LogP contribution in [-0.4, -0.2) is 55.1 Å². The molecular weight excluding hydrogens is 339 g/mol. The number of carboxylic acid groups (broad SMARTS) is 1. The molecule has 1 saturated heterocycles. The fourth-order valence-electron chi connectivity index (χ4n) is 2.89. The highest BCUT2D eigenvalue weighted by Gasteiger charge is 2.45. The molecule has 1 atom stereocenters. The summed E-state index contributed by atoms with van der Waals surface area (Å²) in [5, 5.41) is 10.4. The second-order valence-corrected chi connectivity index (χ2v) is 6.00. The number of morpholine rings is 1. The van der Waals surface area contributed by atoms with Gasteiger partial charge in [0.1, 0.15) is 5.52 Å². The number of pyridine rings is 1. The lowest BCUT2D eigenvalue weighted by atomic mass is 10.0. The van der Waals surface area contributed by atoms with E-state index in [1.165, 1.54) is 13.3 Å². The van der Waals surface area contributed by atoms with Crippen molar-refractivity contribution >= 4 is 34.2 Å². The third-order valence-electron chi connectivity index (χ3n) is 4.07. The first-order valence-corrected chi connectivity index (χ1v) is 7.70. The number of methoxy groups -OCH3 is 1. The van der Waals surface area contributed by atoms with Crippen molar-refractivity contribution in [3.05, 3.63) is 35.2 Å². The molecule has 1 unspecified atom stereocenters. The van der Waals surface area contributed by atoms with Crippen molar-refractivity contribution in [2.45, 2.75) is 5.60 Å². The number of halogens is 2. The van der Waals surface area contributed by atoms with Crippen LogP contribution in [0, 0.1) is 5.82 Å². The Hall–Kier alpha value is -1.96. The van der Waals surface area contributed by atoms with Gasteiger partial charge in [-0.2, -0.15) is 0 Å². The van der Waals surface area contributed by atoms with Crippen molar-refractivity contribution in [1.29, 1.82) is 0 Å². The Labute approximate surface area is 142 Å². The first kappa shape index (κ1) is 16.9. The van der Waals surface area contributed by atoms with Crippen molar-refractivity contribution in [2.75, 3.05) is 38.3 Å². The van der Waals surface area contributed by atoms with E-state index in [9.17, 15) is 14.3 Å². The van der Waals surface area contributed by atoms with E-state index in [1.54, 1.807) is 23.1 Å². The third-order valence-corrected chi connectivity index (χ3v) is 4.40. The smallest absolute Gasteiger partial charge is 0.340 e. The quantitative estimate of drug-likeness (QED) is 0.908. The van der Waals surface area contributed by atoms with E-state index in [1.807, 2.05) is 0 Å². The lowest BCUT2D eigenvalue weighted by Crippen LogP contribution is -2.59. The van der Waals surface area contributed by atoms with E-state index in [2.05, 4.69) is 4.98 Å². The van der Waals surface area contributed by atoms with Gasteiger partial charge >= 0.3 is 5.97 Å². The molecule has 1 N–H and O–H groups in total. The Morgan fingerprint density at radius 2 is 2.33 bits per heavy atom. The zero-order valence-electron chi connectivity index (χ0n) is 13.0. The molecule has 0 radical (unpaired) electrons. The predicted octanol–water partition coefficient (Wildman–Crippen LogP) is 2.33. The van der Waals surface area contributed by atoms with Crippen LogP contribution in [0.2, 0.25) is 5.02 Å². The van der Waals surface area contributed by atoms with E-state index in [4.69, 9.17) is 21.1 Å². The number of benzene rings is 1. The number of carbonyl (C=O) groups is 1. The summed E-state index contributed by atoms with van der Waals surface area (Å²) in [6.07, 6.45) is 1.43. The minimum Gasteiger partial charge on any atom is -0.479 e. The molecule has 1 aliphatic rings. The monoisotopic (exact) mass is 354 g/mol. The van der Waals surface area contributed by atoms with E-state index in [0.29, 0.717) is 17.0 Å². The summed E-state index contributed by atoms with van der Waals surface area (Å²) < 4.78 is 25.3. The summed E-state index contributed by atoms with van der Waals surface area (Å²) >= 11 is 6.06. The zero-order valence-corrected chi connectivity index (χ0v) is 13.7. The summed E-state index contributed by atoms with van der Waals surface area (Å²) in [4.78, 5) is 17.3. The van der Waals surface area contributed by atoms with Gasteiger partial charge in [-0.05, 0) is 18.2 Å². The number of aliphatic carboxylic acids is 1. The summed E-state index contributed by atoms with van der Waals surface area (Å²) in [5.41, 5.74) is -1.11. The number of hydrogen-bond donors (Lipinski definition) is 1. The second kappa shape index (κ2) is 6.51. The Kier molecular flexibility index (Phi) is 4.58. The van der Waals surface area contributed by atoms with Crippen molar-refractivity contribution in [3.8, 4) is 0 Å². The van der Waals surface area contributed by atoms with Gasteiger partial charge < -0.3 is 19.5 Å². The van der Waals surface area contributed by atoms with Gasteiger partial charge in [0.15, 0.2) is 5.82 Å². The topological polar surface area (TPSA) is 71.9 Å². The predicted molar refractivity (Wildman–Crippen MR) is 87.1 cm³/mol. The Morgan fingerprint density at radius 3 is 3.04 bits per heavy atom. The molecular formula is C16H16ClFN2O4. The van der Waals surface area contributed by atoms with Crippen LogP contribution in [-0.2, 0) is 14.3 Å². The molecule has 0 spiro atoms. The first-order valence-electron chi connectivity index (χ1n) is 7.32. The van der Waals surface area contributed by atoms with Crippen molar-refractivity contribution in [1.82, 2.24) is 4.98 Å².